The van der Waals surface area contributed by atoms with Crippen molar-refractivity contribution in [2.75, 3.05) is 6.61 Å². The van der Waals surface area contributed by atoms with Crippen LogP contribution >= 0.6 is 0 Å². The van der Waals surface area contributed by atoms with E-state index in [0.29, 0.717) is 5.56 Å². The molecule has 3 aromatic heterocycles. The van der Waals surface area contributed by atoms with Gasteiger partial charge in [-0.1, -0.05) is 0 Å². The molecule has 154 valence electrons. The molecule has 0 saturated heterocycles. The average Bonchev–Trinajstić information content (AvgIpc) is 3.13. The zero-order chi connectivity index (χ0) is 21.5. The summed E-state index contributed by atoms with van der Waals surface area (Å²) >= 11 is 0. The number of hydrogen-bond acceptors (Lipinski definition) is 6. The van der Waals surface area contributed by atoms with Crippen LogP contribution in [0.2, 0.25) is 0 Å². The zero-order valence-corrected chi connectivity index (χ0v) is 17.5. The third kappa shape index (κ3) is 3.50. The third-order valence-electron chi connectivity index (χ3n) is 4.95. The van der Waals surface area contributed by atoms with E-state index < -0.39 is 11.5 Å². The number of hydrogen-bond donors (Lipinski definition) is 0. The Bertz CT molecular complexity index is 1160. The Morgan fingerprint density at radius 1 is 1.24 bits per heavy atom. The van der Waals surface area contributed by atoms with Gasteiger partial charge in [-0.2, -0.15) is 0 Å². The lowest BCUT2D eigenvalue weighted by Gasteiger charge is -2.13. The zero-order valence-electron chi connectivity index (χ0n) is 17.5. The van der Waals surface area contributed by atoms with Crippen molar-refractivity contribution in [2.24, 2.45) is 0 Å². The normalized spacial score (nSPS) is 11.4. The summed E-state index contributed by atoms with van der Waals surface area (Å²) in [6, 6.07) is 2.05. The van der Waals surface area contributed by atoms with Crippen molar-refractivity contribution in [1.82, 2.24) is 14.1 Å². The summed E-state index contributed by atoms with van der Waals surface area (Å²) < 4.78 is 13.8. The van der Waals surface area contributed by atoms with E-state index >= 15 is 0 Å². The van der Waals surface area contributed by atoms with E-state index in [1.807, 2.05) is 19.9 Å². The number of esters is 1. The first kappa shape index (κ1) is 20.6. The number of furan rings is 1. The SMILES string of the molecule is CCOC(=O)c1c(C)oc2ncn(CC(=O)c3cc(C)n(C(C)C)c3C)c(=O)c12. The second kappa shape index (κ2) is 7.69. The predicted octanol–water partition coefficient (Wildman–Crippen LogP) is 3.36. The largest absolute Gasteiger partial charge is 0.462 e. The fourth-order valence-electron chi connectivity index (χ4n) is 3.79. The summed E-state index contributed by atoms with van der Waals surface area (Å²) in [7, 11) is 0. The van der Waals surface area contributed by atoms with Crippen LogP contribution in [-0.4, -0.2) is 32.5 Å². The molecular weight excluding hydrogens is 374 g/mol. The first-order valence-electron chi connectivity index (χ1n) is 9.54. The Kier molecular flexibility index (Phi) is 5.46. The average molecular weight is 399 g/mol. The summed E-state index contributed by atoms with van der Waals surface area (Å²) in [5, 5.41) is 0.0314. The minimum Gasteiger partial charge on any atom is -0.462 e. The second-order valence-corrected chi connectivity index (χ2v) is 7.28. The number of Topliss-reactive ketones (excluding diaryl/α,β-unsaturated/α-hetero) is 1. The predicted molar refractivity (Wildman–Crippen MR) is 108 cm³/mol. The fourth-order valence-corrected chi connectivity index (χ4v) is 3.79. The summed E-state index contributed by atoms with van der Waals surface area (Å²) in [5.74, 6) is -0.592. The fraction of sp³-hybridized carbons (Fsp3) is 0.429. The molecule has 3 aromatic rings. The van der Waals surface area contributed by atoms with Gasteiger partial charge in [0.2, 0.25) is 5.71 Å². The van der Waals surface area contributed by atoms with Gasteiger partial charge in [0, 0.05) is 23.0 Å². The van der Waals surface area contributed by atoms with Crippen LogP contribution in [-0.2, 0) is 11.3 Å². The van der Waals surface area contributed by atoms with E-state index in [1.54, 1.807) is 13.8 Å². The van der Waals surface area contributed by atoms with Gasteiger partial charge in [-0.15, -0.1) is 0 Å². The van der Waals surface area contributed by atoms with Gasteiger partial charge in [0.15, 0.2) is 5.78 Å². The van der Waals surface area contributed by atoms with E-state index in [9.17, 15) is 14.4 Å². The molecule has 0 N–H and O–H groups in total. The molecular formula is C21H25N3O5. The van der Waals surface area contributed by atoms with Crippen molar-refractivity contribution >= 4 is 22.9 Å². The van der Waals surface area contributed by atoms with Crippen molar-refractivity contribution in [3.8, 4) is 0 Å². The van der Waals surface area contributed by atoms with Gasteiger partial charge in [-0.25, -0.2) is 9.78 Å². The highest BCUT2D eigenvalue weighted by molar-refractivity contribution is 6.03. The number of ether oxygens (including phenoxy) is 1. The van der Waals surface area contributed by atoms with Crippen LogP contribution in [0.5, 0.6) is 0 Å². The maximum atomic E-state index is 13.0. The van der Waals surface area contributed by atoms with Crippen LogP contribution < -0.4 is 5.56 Å². The second-order valence-electron chi connectivity index (χ2n) is 7.28. The van der Waals surface area contributed by atoms with Gasteiger partial charge in [0.25, 0.3) is 5.56 Å². The molecule has 0 fully saturated rings. The van der Waals surface area contributed by atoms with Gasteiger partial charge in [-0.05, 0) is 47.6 Å². The van der Waals surface area contributed by atoms with E-state index in [-0.39, 0.29) is 47.4 Å². The molecule has 0 bridgehead atoms. The lowest BCUT2D eigenvalue weighted by atomic mass is 10.1. The Morgan fingerprint density at radius 3 is 2.52 bits per heavy atom. The molecule has 0 unspecified atom stereocenters. The molecule has 0 aliphatic carbocycles. The molecule has 29 heavy (non-hydrogen) atoms. The van der Waals surface area contributed by atoms with Crippen molar-refractivity contribution in [1.29, 1.82) is 0 Å². The van der Waals surface area contributed by atoms with Crippen LogP contribution in [0.3, 0.4) is 0 Å². The quantitative estimate of drug-likeness (QED) is 0.466. The smallest absolute Gasteiger partial charge is 0.342 e. The van der Waals surface area contributed by atoms with Gasteiger partial charge in [-0.3, -0.25) is 14.2 Å². The Labute approximate surface area is 168 Å². The number of nitrogens with zero attached hydrogens (tertiary/aromatic N) is 3. The van der Waals surface area contributed by atoms with E-state index in [4.69, 9.17) is 9.15 Å². The number of carbonyl (C=O) groups is 2. The van der Waals surface area contributed by atoms with Gasteiger partial charge < -0.3 is 13.7 Å². The van der Waals surface area contributed by atoms with E-state index in [1.165, 1.54) is 10.9 Å². The highest BCUT2D eigenvalue weighted by Gasteiger charge is 2.25. The first-order valence-corrected chi connectivity index (χ1v) is 9.54. The molecule has 0 aliphatic heterocycles. The van der Waals surface area contributed by atoms with Crippen LogP contribution in [0.25, 0.3) is 11.1 Å². The number of aromatic nitrogens is 3. The van der Waals surface area contributed by atoms with E-state index in [0.717, 1.165) is 11.4 Å². The molecule has 3 heterocycles. The number of aryl methyl sites for hydroxylation is 2. The molecule has 3 rings (SSSR count). The molecule has 0 atom stereocenters. The molecule has 0 amide bonds. The standard InChI is InChI=1S/C21H25N3O5/c1-7-28-21(27)17-14(6)29-19-18(17)20(26)23(10-22-19)9-16(25)15-8-12(4)24(11(2)3)13(15)5/h8,10-11H,7,9H2,1-6H3. The number of fused-ring (bicyclic) bond motifs is 1. The van der Waals surface area contributed by atoms with Crippen LogP contribution in [0, 0.1) is 20.8 Å². The van der Waals surface area contributed by atoms with Crippen LogP contribution in [0.15, 0.2) is 21.6 Å². The number of ketones is 1. The topological polar surface area (TPSA) is 96.3 Å². The highest BCUT2D eigenvalue weighted by Crippen LogP contribution is 2.23. The minimum absolute atomic E-state index is 0.0314. The number of carbonyl (C=O) groups excluding carboxylic acids is 2. The van der Waals surface area contributed by atoms with E-state index in [2.05, 4.69) is 23.4 Å². The van der Waals surface area contributed by atoms with Gasteiger partial charge >= 0.3 is 5.97 Å². The number of rotatable bonds is 6. The molecule has 8 nitrogen and oxygen atoms in total. The monoisotopic (exact) mass is 399 g/mol. The Morgan fingerprint density at radius 2 is 1.93 bits per heavy atom. The summed E-state index contributed by atoms with van der Waals surface area (Å²) in [6.45, 7) is 11.2. The molecule has 8 heteroatoms. The van der Waals surface area contributed by atoms with Gasteiger partial charge in [0.1, 0.15) is 23.0 Å². The Balaban J connectivity index is 2.04. The van der Waals surface area contributed by atoms with Crippen molar-refractivity contribution in [3.63, 3.8) is 0 Å². The van der Waals surface area contributed by atoms with Gasteiger partial charge in [0.05, 0.1) is 13.2 Å². The van der Waals surface area contributed by atoms with Crippen LogP contribution in [0.4, 0.5) is 0 Å². The van der Waals surface area contributed by atoms with Crippen LogP contribution in [0.1, 0.15) is 64.7 Å². The first-order chi connectivity index (χ1) is 13.7. The van der Waals surface area contributed by atoms with Crippen molar-refractivity contribution < 1.29 is 18.7 Å². The summed E-state index contributed by atoms with van der Waals surface area (Å²) in [6.07, 6.45) is 1.27. The molecule has 0 radical (unpaired) electrons. The molecule has 0 aliphatic rings. The highest BCUT2D eigenvalue weighted by atomic mass is 16.5. The lowest BCUT2D eigenvalue weighted by Crippen LogP contribution is -2.25. The molecule has 0 aromatic carbocycles. The maximum absolute atomic E-state index is 13.0. The molecule has 0 saturated carbocycles. The summed E-state index contributed by atoms with van der Waals surface area (Å²) in [4.78, 5) is 42.3. The van der Waals surface area contributed by atoms with Crippen molar-refractivity contribution in [3.05, 3.63) is 51.0 Å². The Hall–Kier alpha value is -3.16. The minimum atomic E-state index is -0.646. The summed E-state index contributed by atoms with van der Waals surface area (Å²) in [5.41, 5.74) is 2.00. The lowest BCUT2D eigenvalue weighted by molar-refractivity contribution is 0.0526. The third-order valence-corrected chi connectivity index (χ3v) is 4.95. The van der Waals surface area contributed by atoms with Crippen molar-refractivity contribution in [2.45, 2.75) is 54.1 Å². The maximum Gasteiger partial charge on any atom is 0.342 e. The molecule has 0 spiro atoms.